The standard InChI is InChI=1S/C14H15F2N3O3/c1-21-6-11(19-5-10(13(15)16)18-14(19)20)8-2-3-12-9(4-8)17-7-22-12/h2-4,7,10-11,13H,5-6H2,1H3,(H,18,20)/t10-,11+/m1/s1. The number of hydrogen-bond donors (Lipinski definition) is 1. The number of benzene rings is 1. The quantitative estimate of drug-likeness (QED) is 0.919. The SMILES string of the molecule is COC[C@@H](c1ccc2ocnc2c1)N1C[C@H](C(F)F)NC1=O. The van der Waals surface area contributed by atoms with Crippen molar-refractivity contribution in [3.8, 4) is 0 Å². The fourth-order valence-corrected chi connectivity index (χ4v) is 2.60. The number of hydrogen-bond acceptors (Lipinski definition) is 4. The van der Waals surface area contributed by atoms with Gasteiger partial charge < -0.3 is 19.4 Å². The number of aromatic nitrogens is 1. The number of amides is 2. The van der Waals surface area contributed by atoms with E-state index in [0.717, 1.165) is 5.56 Å². The van der Waals surface area contributed by atoms with E-state index < -0.39 is 24.5 Å². The molecule has 0 spiro atoms. The molecule has 0 saturated carbocycles. The molecule has 1 fully saturated rings. The molecule has 0 radical (unpaired) electrons. The van der Waals surface area contributed by atoms with Gasteiger partial charge >= 0.3 is 6.03 Å². The average Bonchev–Trinajstić information content (AvgIpc) is 3.10. The van der Waals surface area contributed by atoms with Gasteiger partial charge in [-0.05, 0) is 17.7 Å². The zero-order valence-corrected chi connectivity index (χ0v) is 11.8. The van der Waals surface area contributed by atoms with Gasteiger partial charge in [0.15, 0.2) is 12.0 Å². The summed E-state index contributed by atoms with van der Waals surface area (Å²) in [5.74, 6) is 0. The van der Waals surface area contributed by atoms with E-state index in [2.05, 4.69) is 10.3 Å². The van der Waals surface area contributed by atoms with Crippen LogP contribution in [0.15, 0.2) is 29.0 Å². The van der Waals surface area contributed by atoms with Crippen LogP contribution in [0.1, 0.15) is 11.6 Å². The molecule has 1 aromatic heterocycles. The lowest BCUT2D eigenvalue weighted by Gasteiger charge is -2.26. The molecular weight excluding hydrogens is 296 g/mol. The van der Waals surface area contributed by atoms with Gasteiger partial charge in [-0.3, -0.25) is 0 Å². The third kappa shape index (κ3) is 2.61. The molecule has 2 heterocycles. The van der Waals surface area contributed by atoms with Gasteiger partial charge in [-0.1, -0.05) is 6.07 Å². The lowest BCUT2D eigenvalue weighted by Crippen LogP contribution is -2.34. The topological polar surface area (TPSA) is 67.6 Å². The van der Waals surface area contributed by atoms with E-state index in [1.165, 1.54) is 18.4 Å². The smallest absolute Gasteiger partial charge is 0.318 e. The zero-order valence-electron chi connectivity index (χ0n) is 11.8. The van der Waals surface area contributed by atoms with Crippen molar-refractivity contribution in [2.45, 2.75) is 18.5 Å². The fourth-order valence-electron chi connectivity index (χ4n) is 2.60. The molecule has 0 aliphatic carbocycles. The summed E-state index contributed by atoms with van der Waals surface area (Å²) in [7, 11) is 1.50. The molecule has 6 nitrogen and oxygen atoms in total. The summed E-state index contributed by atoms with van der Waals surface area (Å²) < 4.78 is 35.9. The van der Waals surface area contributed by atoms with Gasteiger partial charge in [0, 0.05) is 13.7 Å². The van der Waals surface area contributed by atoms with Crippen LogP contribution >= 0.6 is 0 Å². The number of urea groups is 1. The molecule has 1 saturated heterocycles. The number of methoxy groups -OCH3 is 1. The molecule has 2 atom stereocenters. The Balaban J connectivity index is 1.90. The van der Waals surface area contributed by atoms with Gasteiger partial charge in [-0.2, -0.15) is 0 Å². The van der Waals surface area contributed by atoms with Gasteiger partial charge in [0.25, 0.3) is 6.43 Å². The first-order valence-corrected chi connectivity index (χ1v) is 6.77. The van der Waals surface area contributed by atoms with Crippen molar-refractivity contribution < 1.29 is 22.7 Å². The first-order chi connectivity index (χ1) is 10.6. The maximum absolute atomic E-state index is 12.8. The Hall–Kier alpha value is -2.22. The van der Waals surface area contributed by atoms with E-state index in [1.54, 1.807) is 18.2 Å². The Bertz CT molecular complexity index is 676. The maximum atomic E-state index is 12.8. The van der Waals surface area contributed by atoms with E-state index in [0.29, 0.717) is 11.1 Å². The van der Waals surface area contributed by atoms with Gasteiger partial charge in [-0.15, -0.1) is 0 Å². The third-order valence-electron chi connectivity index (χ3n) is 3.71. The summed E-state index contributed by atoms with van der Waals surface area (Å²) in [6.45, 7) is 0.133. The number of carbonyl (C=O) groups is 1. The third-order valence-corrected chi connectivity index (χ3v) is 3.71. The number of halogens is 2. The fraction of sp³-hybridized carbons (Fsp3) is 0.429. The molecule has 3 rings (SSSR count). The molecule has 1 N–H and O–H groups in total. The second-order valence-corrected chi connectivity index (χ2v) is 5.09. The number of carbonyl (C=O) groups excluding carboxylic acids is 1. The van der Waals surface area contributed by atoms with Crippen LogP contribution in [0, 0.1) is 0 Å². The molecule has 0 unspecified atom stereocenters. The van der Waals surface area contributed by atoms with Crippen LogP contribution < -0.4 is 5.32 Å². The normalized spacial score (nSPS) is 19.9. The lowest BCUT2D eigenvalue weighted by molar-refractivity contribution is 0.0909. The number of alkyl halides is 2. The monoisotopic (exact) mass is 311 g/mol. The Kier molecular flexibility index (Phi) is 3.93. The number of rotatable bonds is 5. The molecule has 2 aromatic rings. The van der Waals surface area contributed by atoms with Gasteiger partial charge in [0.2, 0.25) is 0 Å². The van der Waals surface area contributed by atoms with Crippen molar-refractivity contribution in [2.75, 3.05) is 20.3 Å². The highest BCUT2D eigenvalue weighted by atomic mass is 19.3. The molecule has 22 heavy (non-hydrogen) atoms. The number of oxazole rings is 1. The Labute approximate surface area is 125 Å². The second-order valence-electron chi connectivity index (χ2n) is 5.09. The highest BCUT2D eigenvalue weighted by molar-refractivity contribution is 5.78. The van der Waals surface area contributed by atoms with Crippen molar-refractivity contribution in [1.82, 2.24) is 15.2 Å². The number of nitrogens with one attached hydrogen (secondary N) is 1. The molecule has 8 heteroatoms. The predicted octanol–water partition coefficient (Wildman–Crippen LogP) is 2.17. The largest absolute Gasteiger partial charge is 0.443 e. The molecule has 0 bridgehead atoms. The summed E-state index contributed by atoms with van der Waals surface area (Å²) in [6.07, 6.45) is -1.27. The summed E-state index contributed by atoms with van der Waals surface area (Å²) in [5.41, 5.74) is 2.02. The van der Waals surface area contributed by atoms with Crippen molar-refractivity contribution in [3.05, 3.63) is 30.2 Å². The molecule has 2 amide bonds. The molecule has 1 aliphatic heterocycles. The van der Waals surface area contributed by atoms with Crippen molar-refractivity contribution in [2.24, 2.45) is 0 Å². The summed E-state index contributed by atoms with van der Waals surface area (Å²) >= 11 is 0. The minimum atomic E-state index is -2.60. The van der Waals surface area contributed by atoms with Crippen LogP contribution in [0.4, 0.5) is 13.6 Å². The molecule has 118 valence electrons. The minimum absolute atomic E-state index is 0.0681. The van der Waals surface area contributed by atoms with Crippen LogP contribution in [0.5, 0.6) is 0 Å². The van der Waals surface area contributed by atoms with E-state index in [1.807, 2.05) is 0 Å². The summed E-state index contributed by atoms with van der Waals surface area (Å²) in [5, 5.41) is 2.29. The van der Waals surface area contributed by atoms with Crippen molar-refractivity contribution in [3.63, 3.8) is 0 Å². The minimum Gasteiger partial charge on any atom is -0.443 e. The molecule has 1 aromatic carbocycles. The number of fused-ring (bicyclic) bond motifs is 1. The lowest BCUT2D eigenvalue weighted by atomic mass is 10.1. The average molecular weight is 311 g/mol. The number of ether oxygens (including phenoxy) is 1. The highest BCUT2D eigenvalue weighted by Gasteiger charge is 2.38. The van der Waals surface area contributed by atoms with E-state index in [-0.39, 0.29) is 13.2 Å². The Morgan fingerprint density at radius 2 is 2.36 bits per heavy atom. The van der Waals surface area contributed by atoms with Crippen molar-refractivity contribution >= 4 is 17.1 Å². The van der Waals surface area contributed by atoms with Crippen LogP contribution in [-0.2, 0) is 4.74 Å². The molecular formula is C14H15F2N3O3. The Morgan fingerprint density at radius 3 is 3.05 bits per heavy atom. The molecule has 1 aliphatic rings. The first-order valence-electron chi connectivity index (χ1n) is 6.77. The summed E-state index contributed by atoms with van der Waals surface area (Å²) in [6, 6.07) is 3.13. The first kappa shape index (κ1) is 14.7. The van der Waals surface area contributed by atoms with E-state index >= 15 is 0 Å². The van der Waals surface area contributed by atoms with Crippen LogP contribution in [0.3, 0.4) is 0 Å². The van der Waals surface area contributed by atoms with Crippen LogP contribution in [0.25, 0.3) is 11.1 Å². The second kappa shape index (κ2) is 5.88. The number of nitrogens with zero attached hydrogens (tertiary/aromatic N) is 2. The highest BCUT2D eigenvalue weighted by Crippen LogP contribution is 2.27. The predicted molar refractivity (Wildman–Crippen MR) is 73.7 cm³/mol. The van der Waals surface area contributed by atoms with Gasteiger partial charge in [-0.25, -0.2) is 18.6 Å². The van der Waals surface area contributed by atoms with Crippen molar-refractivity contribution in [1.29, 1.82) is 0 Å². The zero-order chi connectivity index (χ0) is 15.7. The van der Waals surface area contributed by atoms with Gasteiger partial charge in [0.1, 0.15) is 11.6 Å². The maximum Gasteiger partial charge on any atom is 0.318 e. The van der Waals surface area contributed by atoms with Gasteiger partial charge in [0.05, 0.1) is 12.6 Å². The van der Waals surface area contributed by atoms with Crippen LogP contribution in [-0.4, -0.2) is 48.6 Å². The summed E-state index contributed by atoms with van der Waals surface area (Å²) in [4.78, 5) is 17.4. The van der Waals surface area contributed by atoms with Crippen LogP contribution in [0.2, 0.25) is 0 Å². The van der Waals surface area contributed by atoms with E-state index in [9.17, 15) is 13.6 Å². The Morgan fingerprint density at radius 1 is 1.55 bits per heavy atom. The van der Waals surface area contributed by atoms with E-state index in [4.69, 9.17) is 9.15 Å².